The first kappa shape index (κ1) is 13.6. The Morgan fingerprint density at radius 2 is 1.89 bits per heavy atom. The smallest absolute Gasteiger partial charge is 0.159 e. The Labute approximate surface area is 111 Å². The number of hydrogen-bond acceptors (Lipinski definition) is 2. The van der Waals surface area contributed by atoms with Gasteiger partial charge in [0.15, 0.2) is 11.6 Å². The van der Waals surface area contributed by atoms with Crippen LogP contribution in [0.25, 0.3) is 0 Å². The quantitative estimate of drug-likeness (QED) is 0.656. The maximum absolute atomic E-state index is 13.2. The highest BCUT2D eigenvalue weighted by Crippen LogP contribution is 2.20. The highest BCUT2D eigenvalue weighted by Gasteiger charge is 2.12. The molecule has 19 heavy (non-hydrogen) atoms. The van der Waals surface area contributed by atoms with E-state index in [4.69, 9.17) is 5.84 Å². The fraction of sp³-hybridized carbons (Fsp3) is 0.200. The van der Waals surface area contributed by atoms with Gasteiger partial charge in [-0.3, -0.25) is 11.3 Å². The van der Waals surface area contributed by atoms with Crippen LogP contribution in [0.15, 0.2) is 42.5 Å². The molecule has 2 aromatic carbocycles. The molecule has 0 radical (unpaired) electrons. The van der Waals surface area contributed by atoms with Gasteiger partial charge in [0, 0.05) is 6.04 Å². The van der Waals surface area contributed by atoms with Crippen LogP contribution in [0.2, 0.25) is 0 Å². The Bertz CT molecular complexity index is 570. The topological polar surface area (TPSA) is 38.0 Å². The highest BCUT2D eigenvalue weighted by molar-refractivity contribution is 5.27. The summed E-state index contributed by atoms with van der Waals surface area (Å²) in [5.41, 5.74) is 5.56. The van der Waals surface area contributed by atoms with Crippen LogP contribution >= 0.6 is 0 Å². The molecule has 2 aromatic rings. The standard InChI is InChI=1S/C15H16F2N2/c1-10-3-2-4-12(7-10)15(19-18)9-11-5-6-13(16)14(17)8-11/h2-8,15,19H,9,18H2,1H3. The molecule has 0 aliphatic heterocycles. The molecule has 0 heterocycles. The van der Waals surface area contributed by atoms with E-state index in [0.717, 1.165) is 17.2 Å². The number of aryl methyl sites for hydroxylation is 1. The van der Waals surface area contributed by atoms with E-state index >= 15 is 0 Å². The van der Waals surface area contributed by atoms with E-state index in [1.165, 1.54) is 6.07 Å². The predicted molar refractivity (Wildman–Crippen MR) is 71.3 cm³/mol. The first-order valence-electron chi connectivity index (χ1n) is 6.07. The van der Waals surface area contributed by atoms with E-state index in [1.807, 2.05) is 31.2 Å². The van der Waals surface area contributed by atoms with E-state index in [9.17, 15) is 8.78 Å². The summed E-state index contributed by atoms with van der Waals surface area (Å²) in [5.74, 6) is 3.88. The summed E-state index contributed by atoms with van der Waals surface area (Å²) < 4.78 is 26.1. The van der Waals surface area contributed by atoms with E-state index in [1.54, 1.807) is 6.07 Å². The lowest BCUT2D eigenvalue weighted by molar-refractivity contribution is 0.502. The third-order valence-corrected chi connectivity index (χ3v) is 3.07. The summed E-state index contributed by atoms with van der Waals surface area (Å²) >= 11 is 0. The predicted octanol–water partition coefficient (Wildman–Crippen LogP) is 3.02. The second-order valence-corrected chi connectivity index (χ2v) is 4.59. The first-order valence-corrected chi connectivity index (χ1v) is 6.07. The Kier molecular flexibility index (Phi) is 4.24. The van der Waals surface area contributed by atoms with Gasteiger partial charge < -0.3 is 0 Å². The van der Waals surface area contributed by atoms with Gasteiger partial charge in [-0.05, 0) is 36.6 Å². The lowest BCUT2D eigenvalue weighted by Crippen LogP contribution is -2.29. The molecule has 0 amide bonds. The van der Waals surface area contributed by atoms with Crippen molar-refractivity contribution < 1.29 is 8.78 Å². The number of hydrogen-bond donors (Lipinski definition) is 2. The molecule has 0 saturated carbocycles. The number of hydrazine groups is 1. The van der Waals surface area contributed by atoms with Gasteiger partial charge in [0.1, 0.15) is 0 Å². The van der Waals surface area contributed by atoms with Gasteiger partial charge >= 0.3 is 0 Å². The van der Waals surface area contributed by atoms with Crippen LogP contribution in [0.4, 0.5) is 8.78 Å². The molecule has 0 spiro atoms. The largest absolute Gasteiger partial charge is 0.271 e. The molecule has 0 fully saturated rings. The lowest BCUT2D eigenvalue weighted by Gasteiger charge is -2.17. The van der Waals surface area contributed by atoms with Crippen molar-refractivity contribution in [2.45, 2.75) is 19.4 Å². The highest BCUT2D eigenvalue weighted by atomic mass is 19.2. The SMILES string of the molecule is Cc1cccc(C(Cc2ccc(F)c(F)c2)NN)c1. The van der Waals surface area contributed by atoms with Crippen LogP contribution < -0.4 is 11.3 Å². The van der Waals surface area contributed by atoms with Crippen LogP contribution in [-0.2, 0) is 6.42 Å². The number of nitrogens with one attached hydrogen (secondary N) is 1. The molecule has 4 heteroatoms. The second-order valence-electron chi connectivity index (χ2n) is 4.59. The summed E-state index contributed by atoms with van der Waals surface area (Å²) in [6.45, 7) is 1.99. The summed E-state index contributed by atoms with van der Waals surface area (Å²) in [6.07, 6.45) is 0.497. The van der Waals surface area contributed by atoms with Gasteiger partial charge in [-0.1, -0.05) is 35.9 Å². The second kappa shape index (κ2) is 5.91. The zero-order valence-electron chi connectivity index (χ0n) is 10.7. The molecule has 0 aliphatic rings. The van der Waals surface area contributed by atoms with Crippen LogP contribution in [0, 0.1) is 18.6 Å². The maximum atomic E-state index is 13.2. The lowest BCUT2D eigenvalue weighted by atomic mass is 9.98. The molecule has 0 bridgehead atoms. The van der Waals surface area contributed by atoms with E-state index in [-0.39, 0.29) is 6.04 Å². The van der Waals surface area contributed by atoms with Gasteiger partial charge in [0.25, 0.3) is 0 Å². The van der Waals surface area contributed by atoms with Crippen molar-refractivity contribution in [1.29, 1.82) is 0 Å². The molecular weight excluding hydrogens is 246 g/mol. The van der Waals surface area contributed by atoms with Crippen molar-refractivity contribution in [3.8, 4) is 0 Å². The Balaban J connectivity index is 2.21. The third-order valence-electron chi connectivity index (χ3n) is 3.07. The third kappa shape index (κ3) is 3.36. The molecule has 3 N–H and O–H groups in total. The van der Waals surface area contributed by atoms with Crippen molar-refractivity contribution in [2.24, 2.45) is 5.84 Å². The van der Waals surface area contributed by atoms with E-state index in [2.05, 4.69) is 5.43 Å². The van der Waals surface area contributed by atoms with Crippen LogP contribution in [0.1, 0.15) is 22.7 Å². The fourth-order valence-corrected chi connectivity index (χ4v) is 2.06. The monoisotopic (exact) mass is 262 g/mol. The number of benzene rings is 2. The van der Waals surface area contributed by atoms with Crippen molar-refractivity contribution in [2.75, 3.05) is 0 Å². The molecule has 0 aromatic heterocycles. The average Bonchev–Trinajstić information content (AvgIpc) is 2.40. The molecule has 0 aliphatic carbocycles. The van der Waals surface area contributed by atoms with Crippen molar-refractivity contribution in [3.63, 3.8) is 0 Å². The number of halogens is 2. The summed E-state index contributed by atoms with van der Waals surface area (Å²) in [6, 6.07) is 11.7. The minimum Gasteiger partial charge on any atom is -0.271 e. The van der Waals surface area contributed by atoms with Crippen LogP contribution in [0.3, 0.4) is 0 Å². The van der Waals surface area contributed by atoms with E-state index < -0.39 is 11.6 Å². The Hall–Kier alpha value is -1.78. The Morgan fingerprint density at radius 3 is 2.53 bits per heavy atom. The van der Waals surface area contributed by atoms with Crippen molar-refractivity contribution in [1.82, 2.24) is 5.43 Å². The molecule has 100 valence electrons. The van der Waals surface area contributed by atoms with Gasteiger partial charge in [-0.25, -0.2) is 8.78 Å². The minimum atomic E-state index is -0.837. The maximum Gasteiger partial charge on any atom is 0.159 e. The fourth-order valence-electron chi connectivity index (χ4n) is 2.06. The summed E-state index contributed by atoms with van der Waals surface area (Å²) in [4.78, 5) is 0. The van der Waals surface area contributed by atoms with Gasteiger partial charge in [-0.2, -0.15) is 0 Å². The Morgan fingerprint density at radius 1 is 1.11 bits per heavy atom. The molecule has 2 rings (SSSR count). The van der Waals surface area contributed by atoms with Crippen LogP contribution in [-0.4, -0.2) is 0 Å². The molecular formula is C15H16F2N2. The van der Waals surface area contributed by atoms with E-state index in [0.29, 0.717) is 12.0 Å². The molecule has 2 nitrogen and oxygen atoms in total. The van der Waals surface area contributed by atoms with Crippen LogP contribution in [0.5, 0.6) is 0 Å². The molecule has 0 saturated heterocycles. The summed E-state index contributed by atoms with van der Waals surface area (Å²) in [7, 11) is 0. The molecule has 1 atom stereocenters. The van der Waals surface area contributed by atoms with Crippen molar-refractivity contribution in [3.05, 3.63) is 70.8 Å². The van der Waals surface area contributed by atoms with Gasteiger partial charge in [-0.15, -0.1) is 0 Å². The molecule has 1 unspecified atom stereocenters. The first-order chi connectivity index (χ1) is 9.10. The van der Waals surface area contributed by atoms with Crippen molar-refractivity contribution >= 4 is 0 Å². The average molecular weight is 262 g/mol. The zero-order chi connectivity index (χ0) is 13.8. The normalized spacial score (nSPS) is 12.4. The zero-order valence-corrected chi connectivity index (χ0v) is 10.7. The number of nitrogens with two attached hydrogens (primary N) is 1. The minimum absolute atomic E-state index is 0.134. The number of rotatable bonds is 4. The van der Waals surface area contributed by atoms with Gasteiger partial charge in [0.05, 0.1) is 0 Å². The summed E-state index contributed by atoms with van der Waals surface area (Å²) in [5, 5.41) is 0. The van der Waals surface area contributed by atoms with Gasteiger partial charge in [0.2, 0.25) is 0 Å².